The molecule has 0 aliphatic carbocycles. The highest BCUT2D eigenvalue weighted by atomic mass is 32.1. The molecule has 0 saturated carbocycles. The Kier molecular flexibility index (Phi) is 4.01. The van der Waals surface area contributed by atoms with E-state index in [0.717, 1.165) is 29.5 Å². The molecule has 0 aliphatic rings. The van der Waals surface area contributed by atoms with Gasteiger partial charge >= 0.3 is 0 Å². The highest BCUT2D eigenvalue weighted by Gasteiger charge is 2.04. The second-order valence-electron chi connectivity index (χ2n) is 5.03. The van der Waals surface area contributed by atoms with Crippen LogP contribution in [-0.2, 0) is 13.1 Å². The zero-order valence-electron chi connectivity index (χ0n) is 12.2. The molecule has 0 amide bonds. The first-order valence-corrected chi connectivity index (χ1v) is 7.74. The van der Waals surface area contributed by atoms with Crippen LogP contribution >= 0.6 is 11.3 Å². The topological polar surface area (TPSA) is 42.7 Å². The van der Waals surface area contributed by atoms with Gasteiger partial charge in [0.15, 0.2) is 0 Å². The number of aromatic nitrogens is 3. The molecule has 3 aromatic rings. The first-order valence-electron chi connectivity index (χ1n) is 6.92. The highest BCUT2D eigenvalue weighted by molar-refractivity contribution is 7.11. The van der Waals surface area contributed by atoms with Crippen LogP contribution in [0.25, 0.3) is 0 Å². The number of aryl methyl sites for hydroxylation is 2. The molecule has 1 N–H and O–H groups in total. The maximum Gasteiger partial charge on any atom is 0.0949 e. The lowest BCUT2D eigenvalue weighted by molar-refractivity contribution is 0.797. The molecule has 21 heavy (non-hydrogen) atoms. The van der Waals surface area contributed by atoms with Gasteiger partial charge < -0.3 is 9.88 Å². The van der Waals surface area contributed by atoms with Gasteiger partial charge in [-0.25, -0.2) is 9.97 Å². The van der Waals surface area contributed by atoms with E-state index in [4.69, 9.17) is 0 Å². The van der Waals surface area contributed by atoms with Crippen molar-refractivity contribution in [3.63, 3.8) is 0 Å². The van der Waals surface area contributed by atoms with Crippen molar-refractivity contribution in [3.05, 3.63) is 64.1 Å². The van der Waals surface area contributed by atoms with Gasteiger partial charge in [-0.3, -0.25) is 0 Å². The number of nitrogens with zero attached hydrogens (tertiary/aromatic N) is 3. The Bertz CT molecular complexity index is 716. The van der Waals surface area contributed by atoms with E-state index in [0.29, 0.717) is 0 Å². The minimum Gasteiger partial charge on any atom is -0.380 e. The van der Waals surface area contributed by atoms with E-state index in [9.17, 15) is 0 Å². The second-order valence-corrected chi connectivity index (χ2v) is 6.32. The van der Waals surface area contributed by atoms with Gasteiger partial charge in [0.25, 0.3) is 0 Å². The largest absolute Gasteiger partial charge is 0.380 e. The van der Waals surface area contributed by atoms with E-state index in [1.165, 1.54) is 10.4 Å². The third kappa shape index (κ3) is 3.49. The molecule has 3 rings (SSSR count). The fourth-order valence-electron chi connectivity index (χ4n) is 2.29. The van der Waals surface area contributed by atoms with Crippen LogP contribution in [0.4, 0.5) is 5.69 Å². The Balaban J connectivity index is 1.67. The van der Waals surface area contributed by atoms with Gasteiger partial charge in [0.05, 0.1) is 23.6 Å². The maximum absolute atomic E-state index is 4.46. The van der Waals surface area contributed by atoms with Crippen molar-refractivity contribution in [2.45, 2.75) is 26.9 Å². The number of anilines is 1. The molecule has 0 unspecified atom stereocenters. The zero-order valence-corrected chi connectivity index (χ0v) is 13.0. The number of hydrogen-bond acceptors (Lipinski definition) is 4. The van der Waals surface area contributed by atoms with Gasteiger partial charge in [-0.2, -0.15) is 0 Å². The van der Waals surface area contributed by atoms with Crippen LogP contribution in [0.1, 0.15) is 21.1 Å². The van der Waals surface area contributed by atoms with Gasteiger partial charge in [-0.15, -0.1) is 11.3 Å². The minimum atomic E-state index is 0.825. The highest BCUT2D eigenvalue weighted by Crippen LogP contribution is 2.19. The number of nitrogens with one attached hydrogen (secondary N) is 1. The zero-order chi connectivity index (χ0) is 14.7. The van der Waals surface area contributed by atoms with Crippen molar-refractivity contribution in [1.29, 1.82) is 0 Å². The summed E-state index contributed by atoms with van der Waals surface area (Å²) >= 11 is 1.76. The molecule has 4 nitrogen and oxygen atoms in total. The third-order valence-corrected chi connectivity index (χ3v) is 4.38. The Morgan fingerprint density at radius 1 is 1.29 bits per heavy atom. The van der Waals surface area contributed by atoms with Crippen molar-refractivity contribution in [1.82, 2.24) is 14.5 Å². The summed E-state index contributed by atoms with van der Waals surface area (Å²) in [5, 5.41) is 4.60. The van der Waals surface area contributed by atoms with E-state index in [1.54, 1.807) is 17.5 Å². The fourth-order valence-corrected chi connectivity index (χ4v) is 3.17. The normalized spacial score (nSPS) is 10.8. The summed E-state index contributed by atoms with van der Waals surface area (Å²) < 4.78 is 2.07. The quantitative estimate of drug-likeness (QED) is 0.782. The molecule has 2 heterocycles. The summed E-state index contributed by atoms with van der Waals surface area (Å²) in [7, 11) is 0. The molecular formula is C16H18N4S. The average molecular weight is 298 g/mol. The third-order valence-electron chi connectivity index (χ3n) is 3.30. The van der Waals surface area contributed by atoms with Crippen LogP contribution in [0.3, 0.4) is 0 Å². The summed E-state index contributed by atoms with van der Waals surface area (Å²) in [6, 6.07) is 8.50. The van der Waals surface area contributed by atoms with Gasteiger partial charge in [-0.05, 0) is 31.5 Å². The predicted molar refractivity (Wildman–Crippen MR) is 86.7 cm³/mol. The lowest BCUT2D eigenvalue weighted by atomic mass is 10.2. The summed E-state index contributed by atoms with van der Waals surface area (Å²) in [5.74, 6) is 0. The molecule has 1 aromatic carbocycles. The van der Waals surface area contributed by atoms with Gasteiger partial charge in [0, 0.05) is 29.5 Å². The summed E-state index contributed by atoms with van der Waals surface area (Å²) in [5.41, 5.74) is 3.52. The standard InChI is InChI=1S/C16H18N4S/c1-12-16(21-13(2)19-12)9-18-15-5-3-4-14(8-15)10-20-7-6-17-11-20/h3-8,11,18H,9-10H2,1-2H3. The molecule has 5 heteroatoms. The van der Waals surface area contributed by atoms with E-state index >= 15 is 0 Å². The van der Waals surface area contributed by atoms with E-state index < -0.39 is 0 Å². The van der Waals surface area contributed by atoms with Crippen LogP contribution in [-0.4, -0.2) is 14.5 Å². The molecule has 0 radical (unpaired) electrons. The lowest BCUT2D eigenvalue weighted by Crippen LogP contribution is -2.01. The van der Waals surface area contributed by atoms with Gasteiger partial charge in [0.2, 0.25) is 0 Å². The SMILES string of the molecule is Cc1nc(C)c(CNc2cccc(Cn3ccnc3)c2)s1. The summed E-state index contributed by atoms with van der Waals surface area (Å²) in [4.78, 5) is 9.83. The monoisotopic (exact) mass is 298 g/mol. The Hall–Kier alpha value is -2.14. The van der Waals surface area contributed by atoms with Crippen LogP contribution < -0.4 is 5.32 Å². The van der Waals surface area contributed by atoms with Crippen LogP contribution in [0.5, 0.6) is 0 Å². The van der Waals surface area contributed by atoms with E-state index in [2.05, 4.69) is 51.0 Å². The number of hydrogen-bond donors (Lipinski definition) is 1. The molecule has 0 saturated heterocycles. The summed E-state index contributed by atoms with van der Waals surface area (Å²) in [6.07, 6.45) is 5.62. The maximum atomic E-state index is 4.46. The number of thiazole rings is 1. The Morgan fingerprint density at radius 3 is 2.90 bits per heavy atom. The van der Waals surface area contributed by atoms with Crippen molar-refractivity contribution >= 4 is 17.0 Å². The van der Waals surface area contributed by atoms with Crippen molar-refractivity contribution < 1.29 is 0 Å². The first kappa shape index (κ1) is 13.8. The van der Waals surface area contributed by atoms with Crippen LogP contribution in [0.2, 0.25) is 0 Å². The molecule has 0 bridgehead atoms. The predicted octanol–water partition coefficient (Wildman–Crippen LogP) is 3.62. The molecule has 0 atom stereocenters. The van der Waals surface area contributed by atoms with Gasteiger partial charge in [-0.1, -0.05) is 12.1 Å². The lowest BCUT2D eigenvalue weighted by Gasteiger charge is -2.08. The molecular weight excluding hydrogens is 280 g/mol. The molecule has 0 fully saturated rings. The van der Waals surface area contributed by atoms with E-state index in [-0.39, 0.29) is 0 Å². The number of imidazole rings is 1. The minimum absolute atomic E-state index is 0.825. The summed E-state index contributed by atoms with van der Waals surface area (Å²) in [6.45, 7) is 5.78. The van der Waals surface area contributed by atoms with Crippen LogP contribution in [0, 0.1) is 13.8 Å². The fraction of sp³-hybridized carbons (Fsp3) is 0.250. The molecule has 2 aromatic heterocycles. The first-order chi connectivity index (χ1) is 10.2. The molecule has 108 valence electrons. The van der Waals surface area contributed by atoms with Crippen LogP contribution in [0.15, 0.2) is 43.0 Å². The van der Waals surface area contributed by atoms with Crippen molar-refractivity contribution in [3.8, 4) is 0 Å². The smallest absolute Gasteiger partial charge is 0.0949 e. The second kappa shape index (κ2) is 6.10. The Labute approximate surface area is 128 Å². The van der Waals surface area contributed by atoms with Gasteiger partial charge in [0.1, 0.15) is 0 Å². The number of rotatable bonds is 5. The average Bonchev–Trinajstić information content (AvgIpc) is 3.07. The molecule has 0 spiro atoms. The number of benzene rings is 1. The van der Waals surface area contributed by atoms with Crippen molar-refractivity contribution in [2.75, 3.05) is 5.32 Å². The van der Waals surface area contributed by atoms with E-state index in [1.807, 2.05) is 19.4 Å². The van der Waals surface area contributed by atoms with Crippen molar-refractivity contribution in [2.24, 2.45) is 0 Å². The Morgan fingerprint density at radius 2 is 2.19 bits per heavy atom. The molecule has 0 aliphatic heterocycles.